The average Bonchev–Trinajstić information content (AvgIpc) is 2.62. The van der Waals surface area contributed by atoms with Crippen molar-refractivity contribution in [2.24, 2.45) is 11.8 Å². The topological polar surface area (TPSA) is 55.4 Å². The highest BCUT2D eigenvalue weighted by atomic mass is 32.2. The summed E-state index contributed by atoms with van der Waals surface area (Å²) in [7, 11) is -1.22. The van der Waals surface area contributed by atoms with Gasteiger partial charge in [-0.3, -0.25) is 0 Å². The minimum atomic E-state index is -4.31. The molecule has 0 saturated carbocycles. The summed E-state index contributed by atoms with van der Waals surface area (Å²) in [6.07, 6.45) is -3.28. The standard InChI is InChI=1S/C11H20F3NO3S/c1-15-6-9(2-4-18-8-11(12,13)14)10-3-5-19(16,17)7-10/h9-10,15H,2-8H2,1H3. The lowest BCUT2D eigenvalue weighted by Gasteiger charge is -2.22. The summed E-state index contributed by atoms with van der Waals surface area (Å²) >= 11 is 0. The Morgan fingerprint density at radius 2 is 2.11 bits per heavy atom. The molecule has 1 fully saturated rings. The maximum Gasteiger partial charge on any atom is 0.411 e. The molecule has 1 heterocycles. The van der Waals surface area contributed by atoms with Crippen LogP contribution in [0.15, 0.2) is 0 Å². The van der Waals surface area contributed by atoms with Crippen LogP contribution in [-0.4, -0.2) is 52.9 Å². The van der Waals surface area contributed by atoms with Crippen molar-refractivity contribution < 1.29 is 26.3 Å². The number of ether oxygens (including phenoxy) is 1. The molecule has 0 aromatic heterocycles. The predicted molar refractivity (Wildman–Crippen MR) is 65.7 cm³/mol. The highest BCUT2D eigenvalue weighted by Crippen LogP contribution is 2.28. The lowest BCUT2D eigenvalue weighted by atomic mass is 9.89. The van der Waals surface area contributed by atoms with Crippen LogP contribution in [0.3, 0.4) is 0 Å². The van der Waals surface area contributed by atoms with Gasteiger partial charge in [0.15, 0.2) is 9.84 Å². The molecule has 0 aliphatic carbocycles. The van der Waals surface area contributed by atoms with Gasteiger partial charge in [-0.2, -0.15) is 13.2 Å². The SMILES string of the molecule is CNCC(CCOCC(F)(F)F)C1CCS(=O)(=O)C1. The smallest absolute Gasteiger partial charge is 0.372 e. The third kappa shape index (κ3) is 6.58. The van der Waals surface area contributed by atoms with E-state index in [0.717, 1.165) is 0 Å². The molecule has 1 N–H and O–H groups in total. The van der Waals surface area contributed by atoms with Gasteiger partial charge in [-0.05, 0) is 38.3 Å². The maximum absolute atomic E-state index is 11.9. The van der Waals surface area contributed by atoms with Gasteiger partial charge in [0.1, 0.15) is 6.61 Å². The quantitative estimate of drug-likeness (QED) is 0.719. The normalized spacial score (nSPS) is 24.5. The molecule has 114 valence electrons. The van der Waals surface area contributed by atoms with Crippen LogP contribution in [0.4, 0.5) is 13.2 Å². The van der Waals surface area contributed by atoms with Crippen molar-refractivity contribution >= 4 is 9.84 Å². The molecule has 1 rings (SSSR count). The van der Waals surface area contributed by atoms with Crippen molar-refractivity contribution in [1.82, 2.24) is 5.32 Å². The number of sulfone groups is 1. The fourth-order valence-corrected chi connectivity index (χ4v) is 4.30. The van der Waals surface area contributed by atoms with Gasteiger partial charge in [-0.1, -0.05) is 0 Å². The van der Waals surface area contributed by atoms with E-state index in [1.54, 1.807) is 7.05 Å². The Balaban J connectivity index is 2.37. The van der Waals surface area contributed by atoms with Gasteiger partial charge in [0, 0.05) is 6.61 Å². The number of hydrogen-bond donors (Lipinski definition) is 1. The van der Waals surface area contributed by atoms with Crippen LogP contribution in [0.5, 0.6) is 0 Å². The molecule has 0 aromatic rings. The van der Waals surface area contributed by atoms with Crippen LogP contribution in [-0.2, 0) is 14.6 Å². The summed E-state index contributed by atoms with van der Waals surface area (Å²) < 4.78 is 63.1. The number of nitrogens with one attached hydrogen (secondary N) is 1. The molecule has 0 amide bonds. The van der Waals surface area contributed by atoms with Crippen molar-refractivity contribution in [3.8, 4) is 0 Å². The van der Waals surface area contributed by atoms with Crippen LogP contribution in [0.1, 0.15) is 12.8 Å². The van der Waals surface area contributed by atoms with Crippen LogP contribution < -0.4 is 5.32 Å². The van der Waals surface area contributed by atoms with Crippen molar-refractivity contribution in [3.63, 3.8) is 0 Å². The van der Waals surface area contributed by atoms with Gasteiger partial charge < -0.3 is 10.1 Å². The van der Waals surface area contributed by atoms with E-state index >= 15 is 0 Å². The molecule has 2 atom stereocenters. The second kappa shape index (κ2) is 6.90. The second-order valence-electron chi connectivity index (χ2n) is 4.94. The van der Waals surface area contributed by atoms with E-state index in [9.17, 15) is 21.6 Å². The maximum atomic E-state index is 11.9. The number of hydrogen-bond acceptors (Lipinski definition) is 4. The van der Waals surface area contributed by atoms with E-state index in [2.05, 4.69) is 10.1 Å². The van der Waals surface area contributed by atoms with E-state index in [1.165, 1.54) is 0 Å². The molecule has 4 nitrogen and oxygen atoms in total. The van der Waals surface area contributed by atoms with E-state index in [4.69, 9.17) is 0 Å². The first kappa shape index (κ1) is 16.7. The summed E-state index contributed by atoms with van der Waals surface area (Å²) in [5.74, 6) is 0.377. The minimum absolute atomic E-state index is 0.00239. The highest BCUT2D eigenvalue weighted by molar-refractivity contribution is 7.91. The molecule has 0 aromatic carbocycles. The molecule has 0 radical (unpaired) electrons. The highest BCUT2D eigenvalue weighted by Gasteiger charge is 2.33. The number of alkyl halides is 3. The van der Waals surface area contributed by atoms with E-state index in [1.807, 2.05) is 0 Å². The van der Waals surface area contributed by atoms with Crippen LogP contribution in [0.2, 0.25) is 0 Å². The summed E-state index contributed by atoms with van der Waals surface area (Å²) in [5.41, 5.74) is 0. The molecule has 2 unspecified atom stereocenters. The number of halogens is 3. The minimum Gasteiger partial charge on any atom is -0.372 e. The summed E-state index contributed by atoms with van der Waals surface area (Å²) in [6, 6.07) is 0. The van der Waals surface area contributed by atoms with Crippen molar-refractivity contribution in [3.05, 3.63) is 0 Å². The van der Waals surface area contributed by atoms with Gasteiger partial charge >= 0.3 is 6.18 Å². The lowest BCUT2D eigenvalue weighted by molar-refractivity contribution is -0.174. The van der Waals surface area contributed by atoms with Crippen LogP contribution >= 0.6 is 0 Å². The third-order valence-electron chi connectivity index (χ3n) is 3.30. The monoisotopic (exact) mass is 303 g/mol. The molecular formula is C11H20F3NO3S. The third-order valence-corrected chi connectivity index (χ3v) is 5.09. The van der Waals surface area contributed by atoms with Crippen LogP contribution in [0, 0.1) is 11.8 Å². The molecule has 0 bridgehead atoms. The largest absolute Gasteiger partial charge is 0.411 e. The fraction of sp³-hybridized carbons (Fsp3) is 1.00. The molecule has 1 aliphatic heterocycles. The molecule has 1 saturated heterocycles. The van der Waals surface area contributed by atoms with Gasteiger partial charge in [0.25, 0.3) is 0 Å². The molecule has 8 heteroatoms. The van der Waals surface area contributed by atoms with Crippen molar-refractivity contribution in [2.45, 2.75) is 19.0 Å². The average molecular weight is 303 g/mol. The first-order valence-corrected chi connectivity index (χ1v) is 8.05. The Hall–Kier alpha value is -0.340. The second-order valence-corrected chi connectivity index (χ2v) is 7.17. The summed E-state index contributed by atoms with van der Waals surface area (Å²) in [6.45, 7) is -0.653. The molecule has 0 spiro atoms. The number of rotatable bonds is 7. The summed E-state index contributed by atoms with van der Waals surface area (Å²) in [4.78, 5) is 0. The Kier molecular flexibility index (Phi) is 6.07. The van der Waals surface area contributed by atoms with Gasteiger partial charge in [-0.15, -0.1) is 0 Å². The van der Waals surface area contributed by atoms with E-state index in [0.29, 0.717) is 19.4 Å². The molecule has 1 aliphatic rings. The van der Waals surface area contributed by atoms with Crippen molar-refractivity contribution in [2.75, 3.05) is 38.3 Å². The predicted octanol–water partition coefficient (Wildman–Crippen LogP) is 1.23. The zero-order valence-electron chi connectivity index (χ0n) is 10.9. The first-order chi connectivity index (χ1) is 8.73. The lowest BCUT2D eigenvalue weighted by Crippen LogP contribution is -2.28. The van der Waals surface area contributed by atoms with E-state index < -0.39 is 22.6 Å². The zero-order valence-corrected chi connectivity index (χ0v) is 11.7. The molecule has 19 heavy (non-hydrogen) atoms. The van der Waals surface area contributed by atoms with Gasteiger partial charge in [-0.25, -0.2) is 8.42 Å². The van der Waals surface area contributed by atoms with E-state index in [-0.39, 0.29) is 29.9 Å². The van der Waals surface area contributed by atoms with Gasteiger partial charge in [0.05, 0.1) is 11.5 Å². The Morgan fingerprint density at radius 1 is 1.42 bits per heavy atom. The Morgan fingerprint density at radius 3 is 2.58 bits per heavy atom. The van der Waals surface area contributed by atoms with Crippen LogP contribution in [0.25, 0.3) is 0 Å². The van der Waals surface area contributed by atoms with Crippen molar-refractivity contribution in [1.29, 1.82) is 0 Å². The Labute approximate surface area is 111 Å². The zero-order chi connectivity index (χ0) is 14.5. The fourth-order valence-electron chi connectivity index (χ4n) is 2.38. The first-order valence-electron chi connectivity index (χ1n) is 6.23. The molecular weight excluding hydrogens is 283 g/mol. The summed E-state index contributed by atoms with van der Waals surface area (Å²) in [5, 5.41) is 2.96. The Bertz CT molecular complexity index is 370. The van der Waals surface area contributed by atoms with Gasteiger partial charge in [0.2, 0.25) is 0 Å².